The van der Waals surface area contributed by atoms with Gasteiger partial charge in [0.15, 0.2) is 0 Å². The van der Waals surface area contributed by atoms with Gasteiger partial charge in [-0.15, -0.1) is 0 Å². The smallest absolute Gasteiger partial charge is 0.129 e. The fourth-order valence-corrected chi connectivity index (χ4v) is 1.18. The molecule has 0 radical (unpaired) electrons. The van der Waals surface area contributed by atoms with Gasteiger partial charge < -0.3 is 19.9 Å². The molecule has 4 nitrogen and oxygen atoms in total. The summed E-state index contributed by atoms with van der Waals surface area (Å²) in [6, 6.07) is 3.56. The van der Waals surface area contributed by atoms with E-state index in [4.69, 9.17) is 9.52 Å². The highest BCUT2D eigenvalue weighted by molar-refractivity contribution is 5.06. The second-order valence-electron chi connectivity index (χ2n) is 3.98. The second-order valence-corrected chi connectivity index (χ2v) is 3.98. The van der Waals surface area contributed by atoms with Crippen molar-refractivity contribution in [3.8, 4) is 0 Å². The zero-order chi connectivity index (χ0) is 11.3. The lowest BCUT2D eigenvalue weighted by atomic mass is 10.0. The molecule has 1 heterocycles. The fraction of sp³-hybridized carbons (Fsp3) is 0.636. The summed E-state index contributed by atoms with van der Waals surface area (Å²) >= 11 is 0. The summed E-state index contributed by atoms with van der Waals surface area (Å²) < 4.78 is 5.29. The van der Waals surface area contributed by atoms with Crippen molar-refractivity contribution in [1.29, 1.82) is 0 Å². The molecule has 1 unspecified atom stereocenters. The summed E-state index contributed by atoms with van der Waals surface area (Å²) in [6.45, 7) is 4.75. The van der Waals surface area contributed by atoms with Crippen LogP contribution in [0.3, 0.4) is 0 Å². The van der Waals surface area contributed by atoms with Crippen LogP contribution in [0.5, 0.6) is 0 Å². The standard InChI is InChI=1S/C11H19NO3/c1-3-11(2,14)8-12-6-9-4-5-10(7-13)15-9/h4-5,12-14H,3,6-8H2,1-2H3. The summed E-state index contributed by atoms with van der Waals surface area (Å²) in [7, 11) is 0. The van der Waals surface area contributed by atoms with Crippen LogP contribution in [0.25, 0.3) is 0 Å². The minimum atomic E-state index is -0.674. The Morgan fingerprint density at radius 3 is 2.60 bits per heavy atom. The van der Waals surface area contributed by atoms with Crippen LogP contribution in [0.4, 0.5) is 0 Å². The minimum Gasteiger partial charge on any atom is -0.462 e. The lowest BCUT2D eigenvalue weighted by Gasteiger charge is -2.21. The Balaban J connectivity index is 2.31. The van der Waals surface area contributed by atoms with Crippen LogP contribution in [0.1, 0.15) is 31.8 Å². The number of furan rings is 1. The molecule has 4 heteroatoms. The maximum atomic E-state index is 9.72. The Kier molecular flexibility index (Phi) is 4.32. The topological polar surface area (TPSA) is 65.6 Å². The van der Waals surface area contributed by atoms with Gasteiger partial charge in [-0.2, -0.15) is 0 Å². The minimum absolute atomic E-state index is 0.0767. The van der Waals surface area contributed by atoms with Crippen molar-refractivity contribution in [2.45, 2.75) is 39.0 Å². The van der Waals surface area contributed by atoms with Gasteiger partial charge in [0.05, 0.1) is 12.1 Å². The van der Waals surface area contributed by atoms with Gasteiger partial charge in [0.2, 0.25) is 0 Å². The zero-order valence-corrected chi connectivity index (χ0v) is 9.29. The van der Waals surface area contributed by atoms with Gasteiger partial charge in [-0.1, -0.05) is 6.92 Å². The van der Waals surface area contributed by atoms with E-state index in [1.807, 2.05) is 13.0 Å². The first-order chi connectivity index (χ1) is 7.07. The molecule has 1 rings (SSSR count). The number of hydrogen-bond acceptors (Lipinski definition) is 4. The number of nitrogens with one attached hydrogen (secondary N) is 1. The summed E-state index contributed by atoms with van der Waals surface area (Å²) in [4.78, 5) is 0. The van der Waals surface area contributed by atoms with Gasteiger partial charge in [0, 0.05) is 6.54 Å². The van der Waals surface area contributed by atoms with E-state index in [2.05, 4.69) is 5.32 Å². The highest BCUT2D eigenvalue weighted by atomic mass is 16.4. The van der Waals surface area contributed by atoms with E-state index in [0.29, 0.717) is 25.3 Å². The third-order valence-electron chi connectivity index (χ3n) is 2.44. The number of aliphatic hydroxyl groups is 2. The van der Waals surface area contributed by atoms with Crippen LogP contribution in [0.2, 0.25) is 0 Å². The Morgan fingerprint density at radius 1 is 1.40 bits per heavy atom. The number of aliphatic hydroxyl groups excluding tert-OH is 1. The van der Waals surface area contributed by atoms with Gasteiger partial charge in [0.1, 0.15) is 18.1 Å². The van der Waals surface area contributed by atoms with Crippen molar-refractivity contribution in [3.63, 3.8) is 0 Å². The molecule has 0 aliphatic heterocycles. The molecule has 0 fully saturated rings. The normalized spacial score (nSPS) is 15.2. The van der Waals surface area contributed by atoms with Gasteiger partial charge in [-0.3, -0.25) is 0 Å². The van der Waals surface area contributed by atoms with E-state index in [1.165, 1.54) is 0 Å². The SMILES string of the molecule is CCC(C)(O)CNCc1ccc(CO)o1. The molecule has 0 amide bonds. The Bertz CT molecular complexity index is 294. The van der Waals surface area contributed by atoms with Gasteiger partial charge >= 0.3 is 0 Å². The van der Waals surface area contributed by atoms with E-state index < -0.39 is 5.60 Å². The molecule has 15 heavy (non-hydrogen) atoms. The predicted octanol–water partition coefficient (Wildman–Crippen LogP) is 1.02. The number of hydrogen-bond donors (Lipinski definition) is 3. The molecule has 1 aromatic rings. The number of rotatable bonds is 6. The molecule has 0 bridgehead atoms. The molecule has 0 aliphatic rings. The summed E-state index contributed by atoms with van der Waals surface area (Å²) in [5.41, 5.74) is -0.674. The Labute approximate surface area is 89.9 Å². The fourth-order valence-electron chi connectivity index (χ4n) is 1.18. The van der Waals surface area contributed by atoms with Crippen molar-refractivity contribution >= 4 is 0 Å². The Morgan fingerprint density at radius 2 is 2.07 bits per heavy atom. The van der Waals surface area contributed by atoms with Gasteiger partial charge in [-0.25, -0.2) is 0 Å². The average Bonchev–Trinajstić information content (AvgIpc) is 2.66. The lowest BCUT2D eigenvalue weighted by Crippen LogP contribution is -2.36. The monoisotopic (exact) mass is 213 g/mol. The van der Waals surface area contributed by atoms with Crippen molar-refractivity contribution in [2.75, 3.05) is 6.54 Å². The highest BCUT2D eigenvalue weighted by Gasteiger charge is 2.16. The molecule has 0 saturated heterocycles. The third-order valence-corrected chi connectivity index (χ3v) is 2.44. The first-order valence-corrected chi connectivity index (χ1v) is 5.19. The van der Waals surface area contributed by atoms with Crippen LogP contribution in [0, 0.1) is 0 Å². The highest BCUT2D eigenvalue weighted by Crippen LogP contribution is 2.09. The van der Waals surface area contributed by atoms with Crippen LogP contribution < -0.4 is 5.32 Å². The third kappa shape index (κ3) is 4.03. The molecule has 1 atom stereocenters. The molecule has 0 saturated carbocycles. The summed E-state index contributed by atoms with van der Waals surface area (Å²) in [6.07, 6.45) is 0.708. The zero-order valence-electron chi connectivity index (χ0n) is 9.29. The summed E-state index contributed by atoms with van der Waals surface area (Å²) in [5.74, 6) is 1.33. The molecular weight excluding hydrogens is 194 g/mol. The molecule has 86 valence electrons. The van der Waals surface area contributed by atoms with Gasteiger partial charge in [0.25, 0.3) is 0 Å². The largest absolute Gasteiger partial charge is 0.462 e. The Hall–Kier alpha value is -0.840. The summed E-state index contributed by atoms with van der Waals surface area (Å²) in [5, 5.41) is 21.6. The van der Waals surface area contributed by atoms with E-state index >= 15 is 0 Å². The maximum absolute atomic E-state index is 9.72. The maximum Gasteiger partial charge on any atom is 0.129 e. The van der Waals surface area contributed by atoms with E-state index in [9.17, 15) is 5.11 Å². The molecule has 0 aliphatic carbocycles. The van der Waals surface area contributed by atoms with Crippen molar-refractivity contribution in [1.82, 2.24) is 5.32 Å². The van der Waals surface area contributed by atoms with E-state index in [-0.39, 0.29) is 6.61 Å². The van der Waals surface area contributed by atoms with Crippen LogP contribution in [-0.4, -0.2) is 22.4 Å². The molecule has 1 aromatic heterocycles. The van der Waals surface area contributed by atoms with Crippen LogP contribution in [0.15, 0.2) is 16.5 Å². The van der Waals surface area contributed by atoms with Crippen molar-refractivity contribution < 1.29 is 14.6 Å². The van der Waals surface area contributed by atoms with Gasteiger partial charge in [-0.05, 0) is 25.5 Å². The molecular formula is C11H19NO3. The predicted molar refractivity (Wildman–Crippen MR) is 57.3 cm³/mol. The van der Waals surface area contributed by atoms with Crippen molar-refractivity contribution in [2.24, 2.45) is 0 Å². The second kappa shape index (κ2) is 5.30. The molecule has 3 N–H and O–H groups in total. The molecule has 0 spiro atoms. The van der Waals surface area contributed by atoms with Crippen LogP contribution in [-0.2, 0) is 13.2 Å². The van der Waals surface area contributed by atoms with E-state index in [0.717, 1.165) is 5.76 Å². The van der Waals surface area contributed by atoms with Crippen LogP contribution >= 0.6 is 0 Å². The first-order valence-electron chi connectivity index (χ1n) is 5.19. The average molecular weight is 213 g/mol. The first kappa shape index (κ1) is 12.2. The molecule has 0 aromatic carbocycles. The van der Waals surface area contributed by atoms with E-state index in [1.54, 1.807) is 13.0 Å². The lowest BCUT2D eigenvalue weighted by molar-refractivity contribution is 0.0550. The van der Waals surface area contributed by atoms with Crippen molar-refractivity contribution in [3.05, 3.63) is 23.7 Å². The quantitative estimate of drug-likeness (QED) is 0.660.